The van der Waals surface area contributed by atoms with Crippen LogP contribution in [0.15, 0.2) is 60.8 Å². The highest BCUT2D eigenvalue weighted by atomic mass is 31.2. The number of nitrogens with zero attached hydrogens (tertiary/aromatic N) is 1. The molecule has 9 heteroatoms. The van der Waals surface area contributed by atoms with Crippen molar-refractivity contribution in [3.8, 4) is 0 Å². The number of quaternary nitrogens is 1. The van der Waals surface area contributed by atoms with Gasteiger partial charge in [-0.25, -0.2) is 0 Å². The van der Waals surface area contributed by atoms with Gasteiger partial charge in [0.1, 0.15) is 13.2 Å². The quantitative estimate of drug-likeness (QED) is 0.0272. The van der Waals surface area contributed by atoms with Crippen LogP contribution in [0.4, 0.5) is 0 Å². The number of aliphatic hydroxyl groups excluding tert-OH is 1. The average molecular weight is 933 g/mol. The molecular weight excluding hydrogens is 828 g/mol. The summed E-state index contributed by atoms with van der Waals surface area (Å²) in [5.74, 6) is -0.204. The van der Waals surface area contributed by atoms with Crippen molar-refractivity contribution in [1.82, 2.24) is 5.32 Å². The molecule has 0 aliphatic carbocycles. The van der Waals surface area contributed by atoms with E-state index in [9.17, 15) is 19.4 Å². The molecule has 0 radical (unpaired) electrons. The van der Waals surface area contributed by atoms with Crippen molar-refractivity contribution in [1.29, 1.82) is 0 Å². The van der Waals surface area contributed by atoms with E-state index >= 15 is 0 Å². The van der Waals surface area contributed by atoms with Gasteiger partial charge in [-0.05, 0) is 51.4 Å². The molecule has 0 saturated heterocycles. The molecule has 2 N–H and O–H groups in total. The van der Waals surface area contributed by atoms with Gasteiger partial charge < -0.3 is 28.8 Å². The summed E-state index contributed by atoms with van der Waals surface area (Å²) >= 11 is 0. The molecule has 0 saturated carbocycles. The SMILES string of the molecule is CC/C=C\C/C=C\C/C=C\C/C=C\CCCCCCCCCCCCCCCCCCCCCCCCCCCCC(=O)NC(COP(=O)([O-])OCC[N+](C)(C)C)C(O)/C=C/CCCC. The summed E-state index contributed by atoms with van der Waals surface area (Å²) in [7, 11) is 1.26. The fourth-order valence-electron chi connectivity index (χ4n) is 7.72. The van der Waals surface area contributed by atoms with Gasteiger partial charge in [0.2, 0.25) is 5.91 Å². The maximum atomic E-state index is 12.7. The summed E-state index contributed by atoms with van der Waals surface area (Å²) in [6.45, 7) is 4.38. The Hall–Kier alpha value is -1.80. The predicted molar refractivity (Wildman–Crippen MR) is 279 cm³/mol. The molecule has 380 valence electrons. The van der Waals surface area contributed by atoms with E-state index in [1.807, 2.05) is 27.2 Å². The van der Waals surface area contributed by atoms with Crippen LogP contribution in [0.25, 0.3) is 0 Å². The van der Waals surface area contributed by atoms with Gasteiger partial charge in [-0.3, -0.25) is 9.36 Å². The molecule has 0 bridgehead atoms. The van der Waals surface area contributed by atoms with Crippen LogP contribution in [0.2, 0.25) is 0 Å². The van der Waals surface area contributed by atoms with Gasteiger partial charge in [0.05, 0.1) is 39.9 Å². The first kappa shape index (κ1) is 63.2. The number of hydrogen-bond acceptors (Lipinski definition) is 6. The van der Waals surface area contributed by atoms with Gasteiger partial charge in [0.15, 0.2) is 0 Å². The van der Waals surface area contributed by atoms with Crippen molar-refractivity contribution in [2.75, 3.05) is 40.9 Å². The van der Waals surface area contributed by atoms with E-state index in [2.05, 4.69) is 67.8 Å². The lowest BCUT2D eigenvalue weighted by molar-refractivity contribution is -0.870. The second kappa shape index (κ2) is 47.3. The minimum absolute atomic E-state index is 0.00175. The normalized spacial score (nSPS) is 14.5. The van der Waals surface area contributed by atoms with Gasteiger partial charge >= 0.3 is 0 Å². The van der Waals surface area contributed by atoms with Crippen molar-refractivity contribution in [2.24, 2.45) is 0 Å². The van der Waals surface area contributed by atoms with Crippen LogP contribution in [0.5, 0.6) is 0 Å². The highest BCUT2D eigenvalue weighted by Crippen LogP contribution is 2.38. The Balaban J connectivity index is 3.65. The first-order chi connectivity index (χ1) is 31.5. The molecular formula is C56H105N2O6P. The molecule has 65 heavy (non-hydrogen) atoms. The van der Waals surface area contributed by atoms with Crippen molar-refractivity contribution >= 4 is 13.7 Å². The molecule has 0 heterocycles. The zero-order valence-electron chi connectivity index (χ0n) is 43.2. The van der Waals surface area contributed by atoms with Crippen molar-refractivity contribution in [2.45, 2.75) is 251 Å². The Morgan fingerprint density at radius 2 is 0.938 bits per heavy atom. The fourth-order valence-corrected chi connectivity index (χ4v) is 8.44. The Morgan fingerprint density at radius 3 is 1.35 bits per heavy atom. The predicted octanol–water partition coefficient (Wildman–Crippen LogP) is 15.5. The molecule has 0 aromatic carbocycles. The number of aliphatic hydroxyl groups is 1. The maximum Gasteiger partial charge on any atom is 0.268 e. The molecule has 0 fully saturated rings. The number of phosphoric acid groups is 1. The molecule has 8 nitrogen and oxygen atoms in total. The molecule has 0 aliphatic rings. The van der Waals surface area contributed by atoms with Crippen LogP contribution in [-0.4, -0.2) is 68.5 Å². The van der Waals surface area contributed by atoms with Crippen molar-refractivity contribution in [3.63, 3.8) is 0 Å². The van der Waals surface area contributed by atoms with E-state index in [0.29, 0.717) is 17.4 Å². The number of allylic oxidation sites excluding steroid dienone is 9. The second-order valence-corrected chi connectivity index (χ2v) is 21.0. The third-order valence-corrected chi connectivity index (χ3v) is 12.9. The summed E-state index contributed by atoms with van der Waals surface area (Å²) in [6.07, 6.45) is 64.0. The number of amides is 1. The van der Waals surface area contributed by atoms with E-state index in [-0.39, 0.29) is 19.1 Å². The number of hydrogen-bond donors (Lipinski definition) is 2. The topological polar surface area (TPSA) is 108 Å². The largest absolute Gasteiger partial charge is 0.756 e. The molecule has 3 unspecified atom stereocenters. The highest BCUT2D eigenvalue weighted by molar-refractivity contribution is 7.45. The number of nitrogens with one attached hydrogen (secondary N) is 1. The average Bonchev–Trinajstić information content (AvgIpc) is 3.26. The van der Waals surface area contributed by atoms with E-state index in [0.717, 1.165) is 64.2 Å². The monoisotopic (exact) mass is 933 g/mol. The summed E-state index contributed by atoms with van der Waals surface area (Å²) in [4.78, 5) is 25.1. The van der Waals surface area contributed by atoms with Crippen molar-refractivity contribution in [3.05, 3.63) is 60.8 Å². The smallest absolute Gasteiger partial charge is 0.268 e. The van der Waals surface area contributed by atoms with Gasteiger partial charge in [-0.15, -0.1) is 0 Å². The Labute approximate surface area is 402 Å². The van der Waals surface area contributed by atoms with Gasteiger partial charge in [0, 0.05) is 6.42 Å². The van der Waals surface area contributed by atoms with Crippen LogP contribution in [0.1, 0.15) is 239 Å². The van der Waals surface area contributed by atoms with Crippen molar-refractivity contribution < 1.29 is 32.9 Å². The number of carbonyl (C=O) groups is 1. The Bertz CT molecular complexity index is 1240. The number of phosphoric ester groups is 1. The molecule has 0 aliphatic heterocycles. The Kier molecular flexibility index (Phi) is 46.0. The van der Waals surface area contributed by atoms with E-state index in [1.54, 1.807) is 6.08 Å². The van der Waals surface area contributed by atoms with Gasteiger partial charge in [-0.1, -0.05) is 242 Å². The summed E-state index contributed by atoms with van der Waals surface area (Å²) in [5.41, 5.74) is 0. The lowest BCUT2D eigenvalue weighted by Gasteiger charge is -2.29. The van der Waals surface area contributed by atoms with Crippen LogP contribution in [-0.2, 0) is 18.4 Å². The fraction of sp³-hybridized carbons (Fsp3) is 0.804. The lowest BCUT2D eigenvalue weighted by atomic mass is 10.0. The first-order valence-electron chi connectivity index (χ1n) is 27.2. The third kappa shape index (κ3) is 49.9. The minimum Gasteiger partial charge on any atom is -0.756 e. The van der Waals surface area contributed by atoms with Gasteiger partial charge in [0.25, 0.3) is 7.82 Å². The van der Waals surface area contributed by atoms with Gasteiger partial charge in [-0.2, -0.15) is 0 Å². The summed E-state index contributed by atoms with van der Waals surface area (Å²) in [5, 5.41) is 13.5. The van der Waals surface area contributed by atoms with Crippen LogP contribution in [0.3, 0.4) is 0 Å². The standard InChI is InChI=1S/C56H105N2O6P/c1-6-8-10-12-13-14-15-16-17-18-19-20-21-22-23-24-25-26-27-28-29-30-31-32-33-34-35-36-37-38-39-40-41-42-43-44-45-46-48-50-56(60)57-54(55(59)49-47-11-9-7-2)53-64-65(61,62)63-52-51-58(3,4)5/h8,10,13-14,16-17,19-20,47,49,54-55,59H,6-7,9,11-12,15,18,21-46,48,50-53H2,1-5H3,(H-,57,60,61,62)/b10-8-,14-13-,17-16-,20-19-,49-47+. The minimum atomic E-state index is -4.57. The molecule has 0 aromatic heterocycles. The molecule has 0 aromatic rings. The second-order valence-electron chi connectivity index (χ2n) is 19.6. The summed E-state index contributed by atoms with van der Waals surface area (Å²) < 4.78 is 23.0. The first-order valence-corrected chi connectivity index (χ1v) is 28.6. The van der Waals surface area contributed by atoms with Crippen LogP contribution in [0, 0.1) is 0 Å². The van der Waals surface area contributed by atoms with E-state index in [1.165, 1.54) is 154 Å². The van der Waals surface area contributed by atoms with E-state index < -0.39 is 20.0 Å². The maximum absolute atomic E-state index is 12.7. The van der Waals surface area contributed by atoms with Crippen LogP contribution < -0.4 is 10.2 Å². The molecule has 0 spiro atoms. The summed E-state index contributed by atoms with van der Waals surface area (Å²) in [6, 6.07) is -0.880. The molecule has 0 rings (SSSR count). The number of rotatable bonds is 49. The third-order valence-electron chi connectivity index (χ3n) is 12.0. The number of carbonyl (C=O) groups excluding carboxylic acids is 1. The zero-order valence-corrected chi connectivity index (χ0v) is 44.1. The van der Waals surface area contributed by atoms with E-state index in [4.69, 9.17) is 9.05 Å². The number of unbranched alkanes of at least 4 members (excludes halogenated alkanes) is 28. The zero-order chi connectivity index (χ0) is 47.8. The molecule has 1 amide bonds. The lowest BCUT2D eigenvalue weighted by Crippen LogP contribution is -2.45. The van der Waals surface area contributed by atoms with Crippen LogP contribution >= 0.6 is 7.82 Å². The Morgan fingerprint density at radius 1 is 0.554 bits per heavy atom. The number of likely N-dealkylation sites (N-methyl/N-ethyl adjacent to an activating group) is 1. The molecule has 3 atom stereocenters. The highest BCUT2D eigenvalue weighted by Gasteiger charge is 2.23.